The van der Waals surface area contributed by atoms with Crippen LogP contribution in [0.5, 0.6) is 0 Å². The minimum absolute atomic E-state index is 0.0916. The third kappa shape index (κ3) is 4.56. The molecule has 1 unspecified atom stereocenters. The molecule has 0 saturated carbocycles. The number of aryl methyl sites for hydroxylation is 1. The number of nitrogens with zero attached hydrogens (tertiary/aromatic N) is 2. The normalized spacial score (nSPS) is 16.7. The van der Waals surface area contributed by atoms with E-state index in [1.807, 2.05) is 0 Å². The smallest absolute Gasteiger partial charge is 0.310 e. The second-order valence-electron chi connectivity index (χ2n) is 7.29. The van der Waals surface area contributed by atoms with Gasteiger partial charge in [0, 0.05) is 36.1 Å². The molecule has 8 heteroatoms. The molecule has 2 aromatic rings. The molecule has 2 amide bonds. The zero-order valence-electron chi connectivity index (χ0n) is 16.9. The van der Waals surface area contributed by atoms with Crippen LogP contribution in [-0.4, -0.2) is 60.9 Å². The van der Waals surface area contributed by atoms with E-state index in [0.29, 0.717) is 42.3 Å². The topological polar surface area (TPSA) is 80.1 Å². The highest BCUT2D eigenvalue weighted by atomic mass is 35.5. The van der Waals surface area contributed by atoms with Crippen molar-refractivity contribution in [3.63, 3.8) is 0 Å². The summed E-state index contributed by atoms with van der Waals surface area (Å²) in [4.78, 5) is 40.5. The van der Waals surface area contributed by atoms with Crippen molar-refractivity contribution in [2.24, 2.45) is 5.92 Å². The van der Waals surface area contributed by atoms with Crippen molar-refractivity contribution in [1.29, 1.82) is 0 Å². The SMILES string of the molecule is CCOC(=O)C1CCCN(C(=O)CN(C)C(=O)c2oc3ccc(Cl)cc3c2C)C1. The summed E-state index contributed by atoms with van der Waals surface area (Å²) in [6.45, 7) is 4.67. The van der Waals surface area contributed by atoms with Crippen LogP contribution in [0, 0.1) is 12.8 Å². The average Bonchev–Trinajstić information content (AvgIpc) is 3.03. The maximum atomic E-state index is 12.9. The summed E-state index contributed by atoms with van der Waals surface area (Å²) in [6.07, 6.45) is 1.44. The number of carbonyl (C=O) groups excluding carboxylic acids is 3. The number of hydrogen-bond acceptors (Lipinski definition) is 5. The Morgan fingerprint density at radius 3 is 2.83 bits per heavy atom. The number of esters is 1. The highest BCUT2D eigenvalue weighted by Crippen LogP contribution is 2.28. The van der Waals surface area contributed by atoms with E-state index < -0.39 is 0 Å². The van der Waals surface area contributed by atoms with Gasteiger partial charge in [-0.05, 0) is 44.9 Å². The molecule has 1 aromatic carbocycles. The summed E-state index contributed by atoms with van der Waals surface area (Å²) in [5, 5.41) is 1.33. The van der Waals surface area contributed by atoms with Crippen molar-refractivity contribution in [3.05, 3.63) is 34.5 Å². The molecule has 156 valence electrons. The Balaban J connectivity index is 1.67. The Morgan fingerprint density at radius 2 is 2.10 bits per heavy atom. The fourth-order valence-corrected chi connectivity index (χ4v) is 3.77. The number of halogens is 1. The van der Waals surface area contributed by atoms with Gasteiger partial charge < -0.3 is 19.0 Å². The van der Waals surface area contributed by atoms with Gasteiger partial charge in [0.2, 0.25) is 5.91 Å². The lowest BCUT2D eigenvalue weighted by Gasteiger charge is -2.32. The van der Waals surface area contributed by atoms with Gasteiger partial charge in [-0.2, -0.15) is 0 Å². The first-order chi connectivity index (χ1) is 13.8. The van der Waals surface area contributed by atoms with Gasteiger partial charge in [-0.3, -0.25) is 14.4 Å². The first-order valence-electron chi connectivity index (χ1n) is 9.70. The molecule has 1 aliphatic rings. The first-order valence-corrected chi connectivity index (χ1v) is 10.1. The quantitative estimate of drug-likeness (QED) is 0.693. The van der Waals surface area contributed by atoms with Crippen LogP contribution < -0.4 is 0 Å². The van der Waals surface area contributed by atoms with Crippen LogP contribution in [0.4, 0.5) is 0 Å². The number of likely N-dealkylation sites (tertiary alicyclic amines) is 1. The Kier molecular flexibility index (Phi) is 6.47. The van der Waals surface area contributed by atoms with E-state index in [4.69, 9.17) is 20.8 Å². The average molecular weight is 421 g/mol. The van der Waals surface area contributed by atoms with Gasteiger partial charge in [0.1, 0.15) is 5.58 Å². The summed E-state index contributed by atoms with van der Waals surface area (Å²) in [5.74, 6) is -0.962. The molecule has 0 aliphatic carbocycles. The Bertz CT molecular complexity index is 939. The van der Waals surface area contributed by atoms with Crippen LogP contribution in [0.1, 0.15) is 35.9 Å². The van der Waals surface area contributed by atoms with E-state index in [-0.39, 0.29) is 36.0 Å². The zero-order chi connectivity index (χ0) is 21.1. The van der Waals surface area contributed by atoms with E-state index in [1.165, 1.54) is 4.90 Å². The molecule has 1 aromatic heterocycles. The van der Waals surface area contributed by atoms with Crippen molar-refractivity contribution >= 4 is 40.4 Å². The van der Waals surface area contributed by atoms with E-state index in [2.05, 4.69) is 0 Å². The number of benzene rings is 1. The molecule has 0 N–H and O–H groups in total. The molecule has 0 spiro atoms. The number of rotatable bonds is 5. The highest BCUT2D eigenvalue weighted by molar-refractivity contribution is 6.31. The molecule has 0 radical (unpaired) electrons. The van der Waals surface area contributed by atoms with Gasteiger partial charge in [0.25, 0.3) is 5.91 Å². The second-order valence-corrected chi connectivity index (χ2v) is 7.73. The van der Waals surface area contributed by atoms with Gasteiger partial charge in [-0.15, -0.1) is 0 Å². The van der Waals surface area contributed by atoms with E-state index in [1.54, 1.807) is 44.0 Å². The van der Waals surface area contributed by atoms with Crippen molar-refractivity contribution in [2.45, 2.75) is 26.7 Å². The molecule has 1 atom stereocenters. The summed E-state index contributed by atoms with van der Waals surface area (Å²) in [6, 6.07) is 5.17. The lowest BCUT2D eigenvalue weighted by molar-refractivity contribution is -0.151. The minimum atomic E-state index is -0.373. The third-order valence-electron chi connectivity index (χ3n) is 5.21. The Labute approximate surface area is 174 Å². The number of likely N-dealkylation sites (N-methyl/N-ethyl adjacent to an activating group) is 1. The molecular weight excluding hydrogens is 396 g/mol. The number of carbonyl (C=O) groups is 3. The molecule has 2 heterocycles. The predicted molar refractivity (Wildman–Crippen MR) is 109 cm³/mol. The maximum Gasteiger partial charge on any atom is 0.310 e. The van der Waals surface area contributed by atoms with Gasteiger partial charge in [0.05, 0.1) is 19.1 Å². The van der Waals surface area contributed by atoms with E-state index >= 15 is 0 Å². The van der Waals surface area contributed by atoms with E-state index in [0.717, 1.165) is 11.8 Å². The number of hydrogen-bond donors (Lipinski definition) is 0. The molecule has 7 nitrogen and oxygen atoms in total. The number of amides is 2. The van der Waals surface area contributed by atoms with Crippen LogP contribution in [0.3, 0.4) is 0 Å². The minimum Gasteiger partial charge on any atom is -0.466 e. The standard InChI is InChI=1S/C21H25ClN2O5/c1-4-28-21(27)14-6-5-9-24(11-14)18(25)12-23(3)20(26)19-13(2)16-10-15(22)7-8-17(16)29-19/h7-8,10,14H,4-6,9,11-12H2,1-3H3. The lowest BCUT2D eigenvalue weighted by atomic mass is 9.98. The molecule has 1 aliphatic heterocycles. The summed E-state index contributed by atoms with van der Waals surface area (Å²) < 4.78 is 10.8. The summed E-state index contributed by atoms with van der Waals surface area (Å²) >= 11 is 6.03. The van der Waals surface area contributed by atoms with Crippen LogP contribution in [-0.2, 0) is 14.3 Å². The predicted octanol–water partition coefficient (Wildman–Crippen LogP) is 3.27. The van der Waals surface area contributed by atoms with Gasteiger partial charge >= 0.3 is 5.97 Å². The van der Waals surface area contributed by atoms with Crippen LogP contribution in [0.15, 0.2) is 22.6 Å². The van der Waals surface area contributed by atoms with Crippen molar-refractivity contribution in [2.75, 3.05) is 33.3 Å². The Morgan fingerprint density at radius 1 is 1.34 bits per heavy atom. The molecule has 0 bridgehead atoms. The molecular formula is C21H25ClN2O5. The largest absolute Gasteiger partial charge is 0.466 e. The number of piperidine rings is 1. The summed E-state index contributed by atoms with van der Waals surface area (Å²) in [5.41, 5.74) is 1.26. The van der Waals surface area contributed by atoms with E-state index in [9.17, 15) is 14.4 Å². The first kappa shape index (κ1) is 21.2. The number of furan rings is 1. The summed E-state index contributed by atoms with van der Waals surface area (Å²) in [7, 11) is 1.56. The zero-order valence-corrected chi connectivity index (χ0v) is 17.6. The monoisotopic (exact) mass is 420 g/mol. The number of fused-ring (bicyclic) bond motifs is 1. The fraction of sp³-hybridized carbons (Fsp3) is 0.476. The molecule has 29 heavy (non-hydrogen) atoms. The van der Waals surface area contributed by atoms with Gasteiger partial charge in [-0.25, -0.2) is 0 Å². The highest BCUT2D eigenvalue weighted by Gasteiger charge is 2.31. The van der Waals surface area contributed by atoms with Crippen molar-refractivity contribution in [1.82, 2.24) is 9.80 Å². The fourth-order valence-electron chi connectivity index (χ4n) is 3.60. The van der Waals surface area contributed by atoms with Crippen LogP contribution in [0.25, 0.3) is 11.0 Å². The van der Waals surface area contributed by atoms with Crippen LogP contribution >= 0.6 is 11.6 Å². The molecule has 3 rings (SSSR count). The van der Waals surface area contributed by atoms with Gasteiger partial charge in [0.15, 0.2) is 5.76 Å². The van der Waals surface area contributed by atoms with Gasteiger partial charge in [-0.1, -0.05) is 11.6 Å². The lowest BCUT2D eigenvalue weighted by Crippen LogP contribution is -2.47. The van der Waals surface area contributed by atoms with Crippen molar-refractivity contribution in [3.8, 4) is 0 Å². The third-order valence-corrected chi connectivity index (χ3v) is 5.44. The van der Waals surface area contributed by atoms with Crippen molar-refractivity contribution < 1.29 is 23.5 Å². The molecule has 1 fully saturated rings. The van der Waals surface area contributed by atoms with Crippen LogP contribution in [0.2, 0.25) is 5.02 Å². The number of ether oxygens (including phenoxy) is 1. The second kappa shape index (κ2) is 8.86. The Hall–Kier alpha value is -2.54. The molecule has 1 saturated heterocycles. The maximum absolute atomic E-state index is 12.9.